The first-order valence-electron chi connectivity index (χ1n) is 7.18. The minimum atomic E-state index is -0.643. The number of hydrogen-bond donors (Lipinski definition) is 1. The first kappa shape index (κ1) is 17.1. The normalized spacial score (nSPS) is 12.2. The summed E-state index contributed by atoms with van der Waals surface area (Å²) in [6.45, 7) is 5.25. The molecule has 0 fully saturated rings. The third-order valence-electron chi connectivity index (χ3n) is 3.66. The van der Waals surface area contributed by atoms with Crippen LogP contribution < -0.4 is 10.9 Å². The number of fused-ring (bicyclic) bond motifs is 1. The lowest BCUT2D eigenvalue weighted by atomic mass is 10.2. The van der Waals surface area contributed by atoms with Crippen molar-refractivity contribution >= 4 is 33.4 Å². The van der Waals surface area contributed by atoms with E-state index >= 15 is 0 Å². The molecule has 2 aromatic rings. The number of carbonyl (C=O) groups excluding carboxylic acids is 2. The largest absolute Gasteiger partial charge is 0.347 e. The number of aryl methyl sites for hydroxylation is 2. The molecule has 2 rings (SSSR count). The quantitative estimate of drug-likeness (QED) is 0.889. The molecule has 0 bridgehead atoms. The van der Waals surface area contributed by atoms with Gasteiger partial charge in [-0.3, -0.25) is 19.0 Å². The van der Waals surface area contributed by atoms with Crippen LogP contribution in [-0.4, -0.2) is 46.4 Å². The number of amides is 2. The molecule has 2 amide bonds. The summed E-state index contributed by atoms with van der Waals surface area (Å²) in [6.07, 6.45) is 1.37. The SMILES string of the molecule is Cc1sc2ncn(CC(=O)N[C@@H](C)C(=O)N(C)C)c(=O)c2c1C. The van der Waals surface area contributed by atoms with Gasteiger partial charge in [-0.05, 0) is 26.3 Å². The Bertz CT molecular complexity index is 822. The van der Waals surface area contributed by atoms with E-state index in [2.05, 4.69) is 10.3 Å². The Morgan fingerprint density at radius 3 is 2.65 bits per heavy atom. The lowest BCUT2D eigenvalue weighted by Gasteiger charge is -2.18. The first-order valence-corrected chi connectivity index (χ1v) is 7.99. The van der Waals surface area contributed by atoms with E-state index in [9.17, 15) is 14.4 Å². The van der Waals surface area contributed by atoms with E-state index < -0.39 is 11.9 Å². The number of aromatic nitrogens is 2. The van der Waals surface area contributed by atoms with Gasteiger partial charge in [0.1, 0.15) is 17.4 Å². The van der Waals surface area contributed by atoms with Crippen molar-refractivity contribution in [1.82, 2.24) is 19.8 Å². The predicted molar refractivity (Wildman–Crippen MR) is 89.7 cm³/mol. The smallest absolute Gasteiger partial charge is 0.262 e. The highest BCUT2D eigenvalue weighted by Crippen LogP contribution is 2.25. The van der Waals surface area contributed by atoms with Gasteiger partial charge in [-0.2, -0.15) is 0 Å². The Kier molecular flexibility index (Phi) is 4.84. The van der Waals surface area contributed by atoms with Crippen LogP contribution in [0.1, 0.15) is 17.4 Å². The van der Waals surface area contributed by atoms with Crippen molar-refractivity contribution in [3.05, 3.63) is 27.1 Å². The Morgan fingerprint density at radius 2 is 2.04 bits per heavy atom. The molecule has 0 radical (unpaired) electrons. The molecule has 0 aliphatic carbocycles. The van der Waals surface area contributed by atoms with Crippen LogP contribution in [0.25, 0.3) is 10.2 Å². The van der Waals surface area contributed by atoms with Crippen LogP contribution >= 0.6 is 11.3 Å². The van der Waals surface area contributed by atoms with E-state index in [1.54, 1.807) is 21.0 Å². The topological polar surface area (TPSA) is 84.3 Å². The van der Waals surface area contributed by atoms with E-state index in [0.29, 0.717) is 10.2 Å². The average Bonchev–Trinajstić information content (AvgIpc) is 2.76. The van der Waals surface area contributed by atoms with Crippen LogP contribution in [0.3, 0.4) is 0 Å². The van der Waals surface area contributed by atoms with Crippen molar-refractivity contribution in [3.8, 4) is 0 Å². The Morgan fingerprint density at radius 1 is 1.39 bits per heavy atom. The summed E-state index contributed by atoms with van der Waals surface area (Å²) in [5.41, 5.74) is 0.659. The third-order valence-corrected chi connectivity index (χ3v) is 4.77. The summed E-state index contributed by atoms with van der Waals surface area (Å²) in [7, 11) is 3.24. The monoisotopic (exact) mass is 336 g/mol. The number of nitrogens with one attached hydrogen (secondary N) is 1. The molecule has 8 heteroatoms. The van der Waals surface area contributed by atoms with Crippen molar-refractivity contribution in [2.24, 2.45) is 0 Å². The highest BCUT2D eigenvalue weighted by atomic mass is 32.1. The molecule has 0 unspecified atom stereocenters. The van der Waals surface area contributed by atoms with Crippen LogP contribution in [-0.2, 0) is 16.1 Å². The van der Waals surface area contributed by atoms with Crippen LogP contribution in [0.5, 0.6) is 0 Å². The summed E-state index contributed by atoms with van der Waals surface area (Å²) in [5, 5.41) is 3.15. The molecular formula is C15H20N4O3S. The summed E-state index contributed by atoms with van der Waals surface area (Å²) in [6, 6.07) is -0.643. The Hall–Kier alpha value is -2.22. The maximum absolute atomic E-state index is 12.5. The lowest BCUT2D eigenvalue weighted by Crippen LogP contribution is -2.45. The fraction of sp³-hybridized carbons (Fsp3) is 0.467. The number of likely N-dealkylation sites (N-methyl/N-ethyl adjacent to an activating group) is 1. The molecule has 1 atom stereocenters. The third kappa shape index (κ3) is 3.42. The summed E-state index contributed by atoms with van der Waals surface area (Å²) in [4.78, 5) is 43.7. The zero-order valence-electron chi connectivity index (χ0n) is 13.8. The molecule has 0 spiro atoms. The maximum atomic E-state index is 12.5. The molecule has 2 heterocycles. The molecule has 0 saturated carbocycles. The molecule has 0 aliphatic heterocycles. The minimum Gasteiger partial charge on any atom is -0.347 e. The van der Waals surface area contributed by atoms with Gasteiger partial charge in [-0.1, -0.05) is 0 Å². The number of nitrogens with zero attached hydrogens (tertiary/aromatic N) is 3. The van der Waals surface area contributed by atoms with Gasteiger partial charge in [-0.15, -0.1) is 11.3 Å². The second kappa shape index (κ2) is 6.49. The van der Waals surface area contributed by atoms with Crippen molar-refractivity contribution in [1.29, 1.82) is 0 Å². The number of rotatable bonds is 4. The predicted octanol–water partition coefficient (Wildman–Crippen LogP) is 0.668. The zero-order chi connectivity index (χ0) is 17.3. The average molecular weight is 336 g/mol. The van der Waals surface area contributed by atoms with E-state index in [0.717, 1.165) is 10.4 Å². The van der Waals surface area contributed by atoms with Crippen molar-refractivity contribution in [3.63, 3.8) is 0 Å². The second-order valence-corrected chi connectivity index (χ2v) is 6.87. The standard InChI is InChI=1S/C15H20N4O3S/c1-8-10(3)23-13-12(8)15(22)19(7-16-13)6-11(20)17-9(2)14(21)18(4)5/h7,9H,6H2,1-5H3,(H,17,20)/t9-/m0/s1. The molecule has 0 aliphatic rings. The van der Waals surface area contributed by atoms with Gasteiger partial charge in [0.2, 0.25) is 11.8 Å². The van der Waals surface area contributed by atoms with Gasteiger partial charge >= 0.3 is 0 Å². The minimum absolute atomic E-state index is 0.166. The summed E-state index contributed by atoms with van der Waals surface area (Å²) in [5.74, 6) is -0.607. The number of thiophene rings is 1. The van der Waals surface area contributed by atoms with Gasteiger partial charge in [0.15, 0.2) is 0 Å². The fourth-order valence-electron chi connectivity index (χ4n) is 2.27. The van der Waals surface area contributed by atoms with E-state index in [1.165, 1.54) is 27.1 Å². The Labute approximate surface area is 137 Å². The summed E-state index contributed by atoms with van der Waals surface area (Å²) < 4.78 is 1.27. The fourth-order valence-corrected chi connectivity index (χ4v) is 3.26. The highest BCUT2D eigenvalue weighted by Gasteiger charge is 2.18. The number of hydrogen-bond acceptors (Lipinski definition) is 5. The van der Waals surface area contributed by atoms with Crippen molar-refractivity contribution < 1.29 is 9.59 Å². The second-order valence-electron chi connectivity index (χ2n) is 5.66. The molecule has 1 N–H and O–H groups in total. The van der Waals surface area contributed by atoms with Gasteiger partial charge in [0.25, 0.3) is 5.56 Å². The van der Waals surface area contributed by atoms with Crippen LogP contribution in [0.15, 0.2) is 11.1 Å². The van der Waals surface area contributed by atoms with E-state index in [4.69, 9.17) is 0 Å². The van der Waals surface area contributed by atoms with Gasteiger partial charge in [0.05, 0.1) is 11.7 Å². The number of carbonyl (C=O) groups is 2. The van der Waals surface area contributed by atoms with Crippen molar-refractivity contribution in [2.45, 2.75) is 33.4 Å². The molecule has 2 aromatic heterocycles. The van der Waals surface area contributed by atoms with Crippen LogP contribution in [0, 0.1) is 13.8 Å². The lowest BCUT2D eigenvalue weighted by molar-refractivity contribution is -0.134. The molecule has 0 aromatic carbocycles. The first-order chi connectivity index (χ1) is 10.7. The Balaban J connectivity index is 2.20. The molecule has 0 saturated heterocycles. The highest BCUT2D eigenvalue weighted by molar-refractivity contribution is 7.18. The molecule has 23 heavy (non-hydrogen) atoms. The van der Waals surface area contributed by atoms with Crippen LogP contribution in [0.4, 0.5) is 0 Å². The molecule has 124 valence electrons. The van der Waals surface area contributed by atoms with Gasteiger partial charge in [0, 0.05) is 19.0 Å². The van der Waals surface area contributed by atoms with E-state index in [1.807, 2.05) is 13.8 Å². The van der Waals surface area contributed by atoms with Crippen LogP contribution in [0.2, 0.25) is 0 Å². The van der Waals surface area contributed by atoms with Gasteiger partial charge < -0.3 is 10.2 Å². The maximum Gasteiger partial charge on any atom is 0.262 e. The molecule has 7 nitrogen and oxygen atoms in total. The molecular weight excluding hydrogens is 316 g/mol. The van der Waals surface area contributed by atoms with E-state index in [-0.39, 0.29) is 18.0 Å². The summed E-state index contributed by atoms with van der Waals surface area (Å²) >= 11 is 1.46. The zero-order valence-corrected chi connectivity index (χ0v) is 14.7. The van der Waals surface area contributed by atoms with Crippen molar-refractivity contribution in [2.75, 3.05) is 14.1 Å². The van der Waals surface area contributed by atoms with Gasteiger partial charge in [-0.25, -0.2) is 4.98 Å².